The second-order valence-electron chi connectivity index (χ2n) is 7.23. The molecule has 0 bridgehead atoms. The molecule has 0 fully saturated rings. The summed E-state index contributed by atoms with van der Waals surface area (Å²) < 4.78 is 6.08. The van der Waals surface area contributed by atoms with E-state index in [1.54, 1.807) is 4.90 Å². The van der Waals surface area contributed by atoms with Gasteiger partial charge in [-0.3, -0.25) is 4.79 Å². The van der Waals surface area contributed by atoms with Crippen molar-refractivity contribution in [2.75, 3.05) is 38.7 Å². The molecule has 1 amide bonds. The van der Waals surface area contributed by atoms with Crippen molar-refractivity contribution < 1.29 is 14.6 Å². The van der Waals surface area contributed by atoms with Gasteiger partial charge in [0.1, 0.15) is 12.4 Å². The Morgan fingerprint density at radius 3 is 2.64 bits per heavy atom. The molecule has 2 aromatic carbocycles. The van der Waals surface area contributed by atoms with Gasteiger partial charge in [-0.15, -0.1) is 0 Å². The Labute approximate surface area is 166 Å². The topological polar surface area (TPSA) is 53.0 Å². The quantitative estimate of drug-likeness (QED) is 0.835. The lowest BCUT2D eigenvalue weighted by Gasteiger charge is -2.22. The van der Waals surface area contributed by atoms with Crippen LogP contribution in [-0.2, 0) is 11.4 Å². The molecule has 5 nitrogen and oxygen atoms in total. The lowest BCUT2D eigenvalue weighted by atomic mass is 9.93. The highest BCUT2D eigenvalue weighted by Gasteiger charge is 2.21. The zero-order valence-corrected chi connectivity index (χ0v) is 16.8. The van der Waals surface area contributed by atoms with Crippen LogP contribution in [-0.4, -0.2) is 49.7 Å². The zero-order valence-electron chi connectivity index (χ0n) is 16.8. The molecule has 0 radical (unpaired) electrons. The third-order valence-electron chi connectivity index (χ3n) is 4.88. The van der Waals surface area contributed by atoms with Crippen molar-refractivity contribution in [1.82, 2.24) is 4.90 Å². The summed E-state index contributed by atoms with van der Waals surface area (Å²) in [4.78, 5) is 15.8. The summed E-state index contributed by atoms with van der Waals surface area (Å²) in [5.74, 6) is 0.714. The molecule has 0 atom stereocenters. The summed E-state index contributed by atoms with van der Waals surface area (Å²) in [6.45, 7) is 3.17. The van der Waals surface area contributed by atoms with Crippen LogP contribution in [0.15, 0.2) is 48.5 Å². The number of carbonyl (C=O) groups excluding carboxylic acids is 1. The first-order valence-electron chi connectivity index (χ1n) is 9.60. The maximum absolute atomic E-state index is 12.1. The maximum atomic E-state index is 12.1. The van der Waals surface area contributed by atoms with E-state index in [0.29, 0.717) is 6.61 Å². The maximum Gasteiger partial charge on any atom is 0.223 e. The van der Waals surface area contributed by atoms with E-state index in [-0.39, 0.29) is 19.1 Å². The van der Waals surface area contributed by atoms with Crippen LogP contribution in [0.3, 0.4) is 0 Å². The van der Waals surface area contributed by atoms with Crippen molar-refractivity contribution in [3.05, 3.63) is 65.2 Å². The van der Waals surface area contributed by atoms with Crippen molar-refractivity contribution in [1.29, 1.82) is 0 Å². The molecule has 0 spiro atoms. The van der Waals surface area contributed by atoms with Crippen LogP contribution in [0.4, 0.5) is 5.69 Å². The minimum absolute atomic E-state index is 0.0818. The standard InChI is InChI=1S/C23H28N2O3/c1-17(27)25(13-14-26)19-10-11-23-22(15-19)21(9-6-12-24(2)3)20-8-5-4-7-18(20)16-28-23/h4-5,7-11,15,26H,6,12-14,16H2,1-3H3. The Hall–Kier alpha value is -2.63. The molecule has 1 aliphatic rings. The van der Waals surface area contributed by atoms with Crippen molar-refractivity contribution >= 4 is 17.2 Å². The number of hydrogen-bond donors (Lipinski definition) is 1. The van der Waals surface area contributed by atoms with E-state index in [4.69, 9.17) is 4.74 Å². The second-order valence-corrected chi connectivity index (χ2v) is 7.23. The van der Waals surface area contributed by atoms with Gasteiger partial charge in [0.25, 0.3) is 0 Å². The number of aliphatic hydroxyl groups excluding tert-OH is 1. The van der Waals surface area contributed by atoms with Gasteiger partial charge >= 0.3 is 0 Å². The third kappa shape index (κ3) is 4.43. The number of fused-ring (bicyclic) bond motifs is 2. The van der Waals surface area contributed by atoms with Gasteiger partial charge in [0.05, 0.1) is 6.61 Å². The van der Waals surface area contributed by atoms with Crippen molar-refractivity contribution in [3.8, 4) is 5.75 Å². The first-order valence-corrected chi connectivity index (χ1v) is 9.60. The van der Waals surface area contributed by atoms with Gasteiger partial charge in [-0.05, 0) is 55.4 Å². The number of nitrogens with zero attached hydrogens (tertiary/aromatic N) is 2. The number of amides is 1. The minimum Gasteiger partial charge on any atom is -0.488 e. The Morgan fingerprint density at radius 1 is 1.14 bits per heavy atom. The molecule has 0 aliphatic carbocycles. The van der Waals surface area contributed by atoms with Gasteiger partial charge in [0, 0.05) is 31.3 Å². The molecule has 0 aromatic heterocycles. The highest BCUT2D eigenvalue weighted by atomic mass is 16.5. The Balaban J connectivity index is 2.10. The Bertz CT molecular complexity index is 874. The molecule has 2 aromatic rings. The molecule has 1 N–H and O–H groups in total. The van der Waals surface area contributed by atoms with Gasteiger partial charge in [0.2, 0.25) is 5.91 Å². The number of aliphatic hydroxyl groups is 1. The molecule has 28 heavy (non-hydrogen) atoms. The lowest BCUT2D eigenvalue weighted by molar-refractivity contribution is -0.116. The molecule has 0 unspecified atom stereocenters. The number of benzene rings is 2. The van der Waals surface area contributed by atoms with Gasteiger partial charge in [-0.1, -0.05) is 30.3 Å². The van der Waals surface area contributed by atoms with Crippen LogP contribution in [0.2, 0.25) is 0 Å². The highest BCUT2D eigenvalue weighted by molar-refractivity contribution is 5.93. The van der Waals surface area contributed by atoms with Crippen molar-refractivity contribution in [2.45, 2.75) is 20.0 Å². The Morgan fingerprint density at radius 2 is 1.93 bits per heavy atom. The summed E-state index contributed by atoms with van der Waals surface area (Å²) in [6.07, 6.45) is 3.16. The summed E-state index contributed by atoms with van der Waals surface area (Å²) >= 11 is 0. The fraction of sp³-hybridized carbons (Fsp3) is 0.348. The zero-order chi connectivity index (χ0) is 20.1. The molecule has 3 rings (SSSR count). The van der Waals surface area contributed by atoms with Gasteiger partial charge in [-0.2, -0.15) is 0 Å². The fourth-order valence-corrected chi connectivity index (χ4v) is 3.49. The monoisotopic (exact) mass is 380 g/mol. The minimum atomic E-state index is -0.0953. The molecule has 0 saturated heterocycles. The highest BCUT2D eigenvalue weighted by Crippen LogP contribution is 2.39. The largest absolute Gasteiger partial charge is 0.488 e. The number of carbonyl (C=O) groups is 1. The normalized spacial score (nSPS) is 14.2. The number of hydrogen-bond acceptors (Lipinski definition) is 4. The van der Waals surface area contributed by atoms with E-state index in [1.807, 2.05) is 30.3 Å². The molecule has 1 aliphatic heterocycles. The molecular formula is C23H28N2O3. The first kappa shape index (κ1) is 20.1. The molecular weight excluding hydrogens is 352 g/mol. The van der Waals surface area contributed by atoms with Crippen LogP contribution < -0.4 is 9.64 Å². The van der Waals surface area contributed by atoms with Crippen molar-refractivity contribution in [3.63, 3.8) is 0 Å². The van der Waals surface area contributed by atoms with Gasteiger partial charge < -0.3 is 19.6 Å². The van der Waals surface area contributed by atoms with Crippen LogP contribution in [0.5, 0.6) is 5.75 Å². The lowest BCUT2D eigenvalue weighted by Crippen LogP contribution is -2.31. The van der Waals surface area contributed by atoms with E-state index >= 15 is 0 Å². The van der Waals surface area contributed by atoms with Crippen LogP contribution >= 0.6 is 0 Å². The average molecular weight is 380 g/mol. The van der Waals surface area contributed by atoms with Gasteiger partial charge in [-0.25, -0.2) is 0 Å². The Kier molecular flexibility index (Phi) is 6.49. The van der Waals surface area contributed by atoms with E-state index in [9.17, 15) is 9.90 Å². The number of ether oxygens (including phenoxy) is 1. The number of anilines is 1. The molecule has 148 valence electrons. The molecule has 1 heterocycles. The van der Waals surface area contributed by atoms with E-state index in [2.05, 4.69) is 37.2 Å². The van der Waals surface area contributed by atoms with E-state index in [1.165, 1.54) is 6.92 Å². The summed E-state index contributed by atoms with van der Waals surface area (Å²) in [6, 6.07) is 14.1. The first-order chi connectivity index (χ1) is 13.5. The fourth-order valence-electron chi connectivity index (χ4n) is 3.49. The average Bonchev–Trinajstić information content (AvgIpc) is 2.82. The second kappa shape index (κ2) is 9.04. The van der Waals surface area contributed by atoms with Crippen LogP contribution in [0, 0.1) is 0 Å². The molecule has 5 heteroatoms. The van der Waals surface area contributed by atoms with Crippen molar-refractivity contribution in [2.24, 2.45) is 0 Å². The summed E-state index contributed by atoms with van der Waals surface area (Å²) in [5, 5.41) is 9.35. The van der Waals surface area contributed by atoms with Crippen LogP contribution in [0.1, 0.15) is 30.0 Å². The summed E-state index contributed by atoms with van der Waals surface area (Å²) in [7, 11) is 4.13. The smallest absolute Gasteiger partial charge is 0.223 e. The third-order valence-corrected chi connectivity index (χ3v) is 4.88. The SMILES string of the molecule is CC(=O)N(CCO)c1ccc2c(c1)C(=CCCN(C)C)c1ccccc1CO2. The van der Waals surface area contributed by atoms with Gasteiger partial charge in [0.15, 0.2) is 0 Å². The number of rotatable bonds is 6. The van der Waals surface area contributed by atoms with Crippen LogP contribution in [0.25, 0.3) is 5.57 Å². The predicted molar refractivity (Wildman–Crippen MR) is 113 cm³/mol. The predicted octanol–water partition coefficient (Wildman–Crippen LogP) is 3.31. The van der Waals surface area contributed by atoms with E-state index < -0.39 is 0 Å². The summed E-state index contributed by atoms with van der Waals surface area (Å²) in [5.41, 5.74) is 5.18. The molecule has 0 saturated carbocycles. The van der Waals surface area contributed by atoms with E-state index in [0.717, 1.165) is 46.7 Å².